The Kier molecular flexibility index (Phi) is 4.86. The van der Waals surface area contributed by atoms with Gasteiger partial charge in [0.2, 0.25) is 0 Å². The summed E-state index contributed by atoms with van der Waals surface area (Å²) in [7, 11) is 0. The molecule has 0 N–H and O–H groups in total. The lowest BCUT2D eigenvalue weighted by Gasteiger charge is -2.27. The van der Waals surface area contributed by atoms with Gasteiger partial charge >= 0.3 is 0 Å². The molecule has 0 atom stereocenters. The predicted molar refractivity (Wildman–Crippen MR) is 77.1 cm³/mol. The number of hydrogen-bond acceptors (Lipinski definition) is 1. The Labute approximate surface area is 111 Å². The normalized spacial score (nSPS) is 24.3. The molecule has 1 heteroatoms. The monoisotopic (exact) mass is 244 g/mol. The van der Waals surface area contributed by atoms with Gasteiger partial charge in [-0.3, -0.25) is 0 Å². The lowest BCUT2D eigenvalue weighted by Crippen LogP contribution is -2.11. The van der Waals surface area contributed by atoms with Crippen LogP contribution >= 0.6 is 0 Å². The van der Waals surface area contributed by atoms with Crippen LogP contribution in [0.4, 0.5) is 0 Å². The molecule has 0 heterocycles. The Hall–Kier alpha value is -1.24. The van der Waals surface area contributed by atoms with Gasteiger partial charge in [-0.05, 0) is 69.1 Å². The average Bonchev–Trinajstić information content (AvgIpc) is 2.41. The molecular formula is C17H24O. The molecule has 1 fully saturated rings. The molecule has 0 aromatic heterocycles. The molecule has 18 heavy (non-hydrogen) atoms. The van der Waals surface area contributed by atoms with Crippen molar-refractivity contribution in [1.29, 1.82) is 0 Å². The summed E-state index contributed by atoms with van der Waals surface area (Å²) in [5.41, 5.74) is 1.48. The first-order chi connectivity index (χ1) is 8.83. The van der Waals surface area contributed by atoms with Crippen LogP contribution in [0, 0.1) is 5.92 Å². The molecule has 1 aliphatic rings. The lowest BCUT2D eigenvalue weighted by molar-refractivity contribution is 0.339. The summed E-state index contributed by atoms with van der Waals surface area (Å²) in [6, 6.07) is 8.70. The highest BCUT2D eigenvalue weighted by molar-refractivity contribution is 5.29. The summed E-state index contributed by atoms with van der Waals surface area (Å²) in [5, 5.41) is 0. The van der Waals surface area contributed by atoms with Crippen molar-refractivity contribution >= 4 is 0 Å². The predicted octanol–water partition coefficient (Wildman–Crippen LogP) is 4.94. The molecule has 1 aromatic carbocycles. The van der Waals surface area contributed by atoms with E-state index >= 15 is 0 Å². The molecule has 0 aliphatic heterocycles. The average molecular weight is 244 g/mol. The first-order valence-electron chi connectivity index (χ1n) is 7.19. The lowest BCUT2D eigenvalue weighted by atomic mass is 9.78. The van der Waals surface area contributed by atoms with E-state index in [4.69, 9.17) is 4.74 Å². The Morgan fingerprint density at radius 3 is 2.33 bits per heavy atom. The van der Waals surface area contributed by atoms with Crippen LogP contribution in [0.1, 0.15) is 51.0 Å². The molecule has 1 aromatic rings. The smallest absolute Gasteiger partial charge is 0.119 e. The van der Waals surface area contributed by atoms with Crippen molar-refractivity contribution in [3.05, 3.63) is 42.0 Å². The van der Waals surface area contributed by atoms with Crippen LogP contribution in [0.3, 0.4) is 0 Å². The Bertz CT molecular complexity index is 369. The topological polar surface area (TPSA) is 9.23 Å². The van der Waals surface area contributed by atoms with E-state index in [2.05, 4.69) is 43.3 Å². The second-order valence-corrected chi connectivity index (χ2v) is 5.14. The van der Waals surface area contributed by atoms with Crippen molar-refractivity contribution in [2.75, 3.05) is 6.61 Å². The van der Waals surface area contributed by atoms with Crippen LogP contribution in [0.15, 0.2) is 36.4 Å². The van der Waals surface area contributed by atoms with E-state index in [0.717, 1.165) is 24.2 Å². The third-order valence-corrected chi connectivity index (χ3v) is 3.90. The maximum absolute atomic E-state index is 5.49. The van der Waals surface area contributed by atoms with Crippen molar-refractivity contribution < 1.29 is 4.74 Å². The first-order valence-corrected chi connectivity index (χ1v) is 7.19. The molecule has 0 unspecified atom stereocenters. The quantitative estimate of drug-likeness (QED) is 0.682. The summed E-state index contributed by atoms with van der Waals surface area (Å²) >= 11 is 0. The number of rotatable bonds is 4. The largest absolute Gasteiger partial charge is 0.494 e. The van der Waals surface area contributed by atoms with E-state index in [9.17, 15) is 0 Å². The minimum atomic E-state index is 0.744. The molecule has 0 bridgehead atoms. The van der Waals surface area contributed by atoms with Gasteiger partial charge < -0.3 is 4.74 Å². The van der Waals surface area contributed by atoms with Gasteiger partial charge in [-0.15, -0.1) is 0 Å². The maximum atomic E-state index is 5.49. The molecule has 0 saturated heterocycles. The summed E-state index contributed by atoms with van der Waals surface area (Å²) < 4.78 is 5.49. The van der Waals surface area contributed by atoms with Gasteiger partial charge in [-0.2, -0.15) is 0 Å². The zero-order valence-corrected chi connectivity index (χ0v) is 11.6. The van der Waals surface area contributed by atoms with Crippen LogP contribution in [-0.4, -0.2) is 6.61 Å². The summed E-state index contributed by atoms with van der Waals surface area (Å²) in [6.07, 6.45) is 9.88. The van der Waals surface area contributed by atoms with Crippen molar-refractivity contribution in [3.8, 4) is 5.75 Å². The number of hydrogen-bond donors (Lipinski definition) is 0. The SMILES string of the molecule is CC=CC1CCC(c2ccc(OCC)cc2)CC1. The maximum Gasteiger partial charge on any atom is 0.119 e. The molecular weight excluding hydrogens is 220 g/mol. The summed E-state index contributed by atoms with van der Waals surface area (Å²) in [5.74, 6) is 2.56. The minimum Gasteiger partial charge on any atom is -0.494 e. The third kappa shape index (κ3) is 3.38. The first kappa shape index (κ1) is 13.2. The minimum absolute atomic E-state index is 0.744. The van der Waals surface area contributed by atoms with Gasteiger partial charge in [-0.25, -0.2) is 0 Å². The molecule has 2 rings (SSSR count). The highest BCUT2D eigenvalue weighted by Gasteiger charge is 2.20. The van der Waals surface area contributed by atoms with Crippen LogP contribution in [-0.2, 0) is 0 Å². The van der Waals surface area contributed by atoms with Crippen LogP contribution in [0.25, 0.3) is 0 Å². The fourth-order valence-corrected chi connectivity index (χ4v) is 2.92. The highest BCUT2D eigenvalue weighted by atomic mass is 16.5. The van der Waals surface area contributed by atoms with Crippen molar-refractivity contribution in [1.82, 2.24) is 0 Å². The fraction of sp³-hybridized carbons (Fsp3) is 0.529. The van der Waals surface area contributed by atoms with Gasteiger partial charge in [-0.1, -0.05) is 24.3 Å². The van der Waals surface area contributed by atoms with E-state index in [1.54, 1.807) is 0 Å². The third-order valence-electron chi connectivity index (χ3n) is 3.90. The van der Waals surface area contributed by atoms with Gasteiger partial charge in [0, 0.05) is 0 Å². The van der Waals surface area contributed by atoms with Crippen molar-refractivity contribution in [2.45, 2.75) is 45.4 Å². The zero-order valence-electron chi connectivity index (χ0n) is 11.6. The summed E-state index contributed by atoms with van der Waals surface area (Å²) in [4.78, 5) is 0. The number of ether oxygens (including phenoxy) is 1. The van der Waals surface area contributed by atoms with E-state index in [1.165, 1.54) is 31.2 Å². The van der Waals surface area contributed by atoms with Gasteiger partial charge in [0.1, 0.15) is 5.75 Å². The van der Waals surface area contributed by atoms with Gasteiger partial charge in [0.15, 0.2) is 0 Å². The van der Waals surface area contributed by atoms with Gasteiger partial charge in [0.25, 0.3) is 0 Å². The standard InChI is InChI=1S/C17H24O/c1-3-5-14-6-8-15(9-7-14)16-10-12-17(13-11-16)18-4-2/h3,5,10-15H,4,6-9H2,1-2H3. The second-order valence-electron chi connectivity index (χ2n) is 5.14. The Morgan fingerprint density at radius 2 is 1.78 bits per heavy atom. The van der Waals surface area contributed by atoms with Crippen molar-refractivity contribution in [3.63, 3.8) is 0 Å². The van der Waals surface area contributed by atoms with Crippen LogP contribution in [0.2, 0.25) is 0 Å². The van der Waals surface area contributed by atoms with Crippen LogP contribution in [0.5, 0.6) is 5.75 Å². The fourth-order valence-electron chi connectivity index (χ4n) is 2.92. The van der Waals surface area contributed by atoms with E-state index in [0.29, 0.717) is 0 Å². The number of benzene rings is 1. The molecule has 0 radical (unpaired) electrons. The van der Waals surface area contributed by atoms with Gasteiger partial charge in [0.05, 0.1) is 6.61 Å². The van der Waals surface area contributed by atoms with Crippen molar-refractivity contribution in [2.24, 2.45) is 5.92 Å². The molecule has 1 nitrogen and oxygen atoms in total. The Balaban J connectivity index is 1.92. The molecule has 1 aliphatic carbocycles. The Morgan fingerprint density at radius 1 is 1.11 bits per heavy atom. The van der Waals surface area contributed by atoms with E-state index < -0.39 is 0 Å². The number of allylic oxidation sites excluding steroid dienone is 2. The molecule has 98 valence electrons. The zero-order chi connectivity index (χ0) is 12.8. The van der Waals surface area contributed by atoms with E-state index in [-0.39, 0.29) is 0 Å². The molecule has 0 spiro atoms. The summed E-state index contributed by atoms with van der Waals surface area (Å²) in [6.45, 7) is 4.89. The highest BCUT2D eigenvalue weighted by Crippen LogP contribution is 2.36. The molecule has 1 saturated carbocycles. The van der Waals surface area contributed by atoms with E-state index in [1.807, 2.05) is 6.92 Å². The molecule has 0 amide bonds. The van der Waals surface area contributed by atoms with Crippen LogP contribution < -0.4 is 4.74 Å². The second kappa shape index (κ2) is 6.63.